The minimum Gasteiger partial charge on any atom is -0.342 e. The molecule has 162 valence electrons. The van der Waals surface area contributed by atoms with E-state index >= 15 is 0 Å². The molecule has 1 aromatic heterocycles. The molecule has 2 aromatic carbocycles. The van der Waals surface area contributed by atoms with Crippen LogP contribution in [0, 0.1) is 4.77 Å². The summed E-state index contributed by atoms with van der Waals surface area (Å²) < 4.78 is 2.08. The highest BCUT2D eigenvalue weighted by Crippen LogP contribution is 2.34. The van der Waals surface area contributed by atoms with Gasteiger partial charge in [0.05, 0.1) is 19.4 Å². The maximum absolute atomic E-state index is 5.37. The molecule has 0 aliphatic carbocycles. The van der Waals surface area contributed by atoms with Gasteiger partial charge in [0.1, 0.15) is 0 Å². The Morgan fingerprint density at radius 1 is 1.00 bits per heavy atom. The standard InChI is InChI=1S/C19H25N9S2Si/c1-13(31(2,3)4)26(14-7-5-9-16(11-14)27-18(29)20-22-24-27)15-8-6-10-17(12-15)28-19(30)21-23-25-28/h5-13,22,24H,1-4H3,(H,20,29)(H,21,25,30). The third-order valence-electron chi connectivity index (χ3n) is 5.38. The average Bonchev–Trinajstić information content (AvgIpc) is 3.36. The second-order valence-corrected chi connectivity index (χ2v) is 14.7. The first kappa shape index (κ1) is 21.6. The van der Waals surface area contributed by atoms with Gasteiger partial charge in [0, 0.05) is 17.0 Å². The molecule has 0 spiro atoms. The molecule has 0 radical (unpaired) electrons. The van der Waals surface area contributed by atoms with Crippen molar-refractivity contribution in [1.29, 1.82) is 0 Å². The van der Waals surface area contributed by atoms with Crippen LogP contribution in [0.15, 0.2) is 48.5 Å². The number of nitrogens with zero attached hydrogens (tertiary/aromatic N) is 5. The fraction of sp³-hybridized carbons (Fsp3) is 0.263. The minimum absolute atomic E-state index is 0.320. The number of anilines is 3. The molecule has 0 bridgehead atoms. The van der Waals surface area contributed by atoms with E-state index < -0.39 is 8.07 Å². The summed E-state index contributed by atoms with van der Waals surface area (Å²) in [6.07, 6.45) is 0. The molecule has 4 rings (SSSR count). The van der Waals surface area contributed by atoms with Gasteiger partial charge in [-0.3, -0.25) is 5.43 Å². The van der Waals surface area contributed by atoms with Crippen LogP contribution in [0.5, 0.6) is 0 Å². The van der Waals surface area contributed by atoms with Crippen LogP contribution < -0.4 is 26.4 Å². The summed E-state index contributed by atoms with van der Waals surface area (Å²) >= 11 is 10.7. The molecule has 3 aromatic rings. The van der Waals surface area contributed by atoms with Gasteiger partial charge in [0.15, 0.2) is 0 Å². The van der Waals surface area contributed by atoms with E-state index in [1.807, 2.05) is 24.3 Å². The van der Waals surface area contributed by atoms with Gasteiger partial charge in [-0.15, -0.1) is 5.53 Å². The molecule has 1 fully saturated rings. The van der Waals surface area contributed by atoms with Gasteiger partial charge >= 0.3 is 0 Å². The number of rotatable bonds is 6. The number of nitrogens with one attached hydrogen (secondary N) is 4. The molecule has 31 heavy (non-hydrogen) atoms. The lowest BCUT2D eigenvalue weighted by Crippen LogP contribution is -2.47. The predicted octanol–water partition coefficient (Wildman–Crippen LogP) is 3.35. The van der Waals surface area contributed by atoms with Crippen molar-refractivity contribution in [3.05, 3.63) is 53.3 Å². The number of benzene rings is 2. The van der Waals surface area contributed by atoms with Crippen LogP contribution >= 0.6 is 24.4 Å². The Morgan fingerprint density at radius 3 is 2.19 bits per heavy atom. The quantitative estimate of drug-likeness (QED) is 0.319. The summed E-state index contributed by atoms with van der Waals surface area (Å²) in [6.45, 7) is 9.41. The van der Waals surface area contributed by atoms with Gasteiger partial charge in [-0.2, -0.15) is 10.7 Å². The molecule has 0 saturated carbocycles. The van der Waals surface area contributed by atoms with E-state index in [0.717, 1.165) is 22.7 Å². The molecular formula is C19H25N9S2Si. The number of aromatic nitrogens is 4. The van der Waals surface area contributed by atoms with Crippen molar-refractivity contribution in [3.8, 4) is 5.69 Å². The molecule has 1 aliphatic heterocycles. The summed E-state index contributed by atoms with van der Waals surface area (Å²) in [5, 5.41) is 12.9. The van der Waals surface area contributed by atoms with Gasteiger partial charge in [-0.25, -0.2) is 9.69 Å². The van der Waals surface area contributed by atoms with E-state index in [0.29, 0.717) is 15.5 Å². The van der Waals surface area contributed by atoms with Gasteiger partial charge < -0.3 is 4.90 Å². The summed E-state index contributed by atoms with van der Waals surface area (Å²) in [6, 6.07) is 16.5. The monoisotopic (exact) mass is 471 g/mol. The molecule has 1 saturated heterocycles. The third kappa shape index (κ3) is 4.38. The molecule has 9 nitrogen and oxygen atoms in total. The predicted molar refractivity (Wildman–Crippen MR) is 132 cm³/mol. The maximum Gasteiger partial charge on any atom is 0.242 e. The first-order valence-corrected chi connectivity index (χ1v) is 14.3. The molecule has 4 N–H and O–H groups in total. The largest absolute Gasteiger partial charge is 0.342 e. The number of hydrogen-bond donors (Lipinski definition) is 4. The van der Waals surface area contributed by atoms with Crippen LogP contribution in [-0.4, -0.2) is 39.1 Å². The van der Waals surface area contributed by atoms with Crippen LogP contribution in [0.1, 0.15) is 6.92 Å². The smallest absolute Gasteiger partial charge is 0.242 e. The minimum atomic E-state index is -1.56. The normalized spacial score (nSPS) is 15.1. The lowest BCUT2D eigenvalue weighted by Gasteiger charge is -2.39. The van der Waals surface area contributed by atoms with Gasteiger partial charge in [0.2, 0.25) is 9.88 Å². The molecule has 0 amide bonds. The maximum atomic E-state index is 5.37. The summed E-state index contributed by atoms with van der Waals surface area (Å²) in [4.78, 5) is 2.38. The van der Waals surface area contributed by atoms with Gasteiger partial charge in [-0.05, 0) is 67.8 Å². The van der Waals surface area contributed by atoms with Crippen LogP contribution in [0.3, 0.4) is 0 Å². The van der Waals surface area contributed by atoms with E-state index in [1.54, 1.807) is 9.69 Å². The number of H-pyrrole nitrogens is 1. The topological polar surface area (TPSA) is 89.1 Å². The summed E-state index contributed by atoms with van der Waals surface area (Å²) in [5.41, 5.74) is 13.0. The SMILES string of the molecule is CC(N(c1cccc(N2NNNC2=S)c1)c1cccc(-n2[nH]nnc2=S)c1)[Si](C)(C)C. The Kier molecular flexibility index (Phi) is 5.90. The number of hydrazine groups is 3. The van der Waals surface area contributed by atoms with E-state index in [2.05, 4.69) is 87.8 Å². The number of hydrogen-bond acceptors (Lipinski definition) is 7. The molecule has 12 heteroatoms. The zero-order valence-corrected chi connectivity index (χ0v) is 20.4. The summed E-state index contributed by atoms with van der Waals surface area (Å²) in [5.74, 6) is 0. The second-order valence-electron chi connectivity index (χ2n) is 8.37. The van der Waals surface area contributed by atoms with Crippen molar-refractivity contribution < 1.29 is 0 Å². The molecule has 1 unspecified atom stereocenters. The molecular weight excluding hydrogens is 446 g/mol. The van der Waals surface area contributed by atoms with Crippen molar-refractivity contribution in [1.82, 2.24) is 36.7 Å². The van der Waals surface area contributed by atoms with Crippen molar-refractivity contribution in [2.45, 2.75) is 32.2 Å². The van der Waals surface area contributed by atoms with Crippen LogP contribution in [-0.2, 0) is 0 Å². The zero-order valence-electron chi connectivity index (χ0n) is 17.7. The lowest BCUT2D eigenvalue weighted by atomic mass is 10.2. The Hall–Kier alpha value is -2.64. The molecule has 1 aliphatic rings. The van der Waals surface area contributed by atoms with Crippen LogP contribution in [0.25, 0.3) is 5.69 Å². The first-order chi connectivity index (χ1) is 14.8. The third-order valence-corrected chi connectivity index (χ3v) is 8.70. The van der Waals surface area contributed by atoms with Crippen molar-refractivity contribution in [3.63, 3.8) is 0 Å². The van der Waals surface area contributed by atoms with Crippen LogP contribution in [0.2, 0.25) is 19.6 Å². The number of aromatic amines is 1. The molecule has 2 heterocycles. The average molecular weight is 472 g/mol. The van der Waals surface area contributed by atoms with E-state index in [9.17, 15) is 0 Å². The van der Waals surface area contributed by atoms with E-state index in [1.165, 1.54) is 0 Å². The lowest BCUT2D eigenvalue weighted by molar-refractivity contribution is 0.589. The fourth-order valence-corrected chi connectivity index (χ4v) is 4.80. The Balaban J connectivity index is 1.81. The highest BCUT2D eigenvalue weighted by Gasteiger charge is 2.30. The molecule has 1 atom stereocenters. The fourth-order valence-electron chi connectivity index (χ4n) is 3.34. The Bertz CT molecular complexity index is 1150. The van der Waals surface area contributed by atoms with Gasteiger partial charge in [0.25, 0.3) is 0 Å². The highest BCUT2D eigenvalue weighted by molar-refractivity contribution is 7.80. The Labute approximate surface area is 192 Å². The van der Waals surface area contributed by atoms with Crippen molar-refractivity contribution >= 4 is 54.7 Å². The van der Waals surface area contributed by atoms with Crippen molar-refractivity contribution in [2.75, 3.05) is 9.91 Å². The summed E-state index contributed by atoms with van der Waals surface area (Å²) in [7, 11) is -1.56. The van der Waals surface area contributed by atoms with E-state index in [-0.39, 0.29) is 0 Å². The van der Waals surface area contributed by atoms with E-state index in [4.69, 9.17) is 24.4 Å². The highest BCUT2D eigenvalue weighted by atomic mass is 32.1. The first-order valence-electron chi connectivity index (χ1n) is 9.86. The van der Waals surface area contributed by atoms with Crippen LogP contribution in [0.4, 0.5) is 17.1 Å². The van der Waals surface area contributed by atoms with Crippen molar-refractivity contribution in [2.24, 2.45) is 0 Å². The number of thiocarbonyl (C=S) groups is 1. The second kappa shape index (κ2) is 8.47. The zero-order chi connectivity index (χ0) is 22.2. The van der Waals surface area contributed by atoms with Gasteiger partial charge in [-0.1, -0.05) is 42.1 Å². The Morgan fingerprint density at radius 2 is 1.65 bits per heavy atom. The number of tetrazole rings is 1.